The monoisotopic (exact) mass is 406 g/mol. The van der Waals surface area contributed by atoms with Gasteiger partial charge >= 0.3 is 12.6 Å². The predicted octanol–water partition coefficient (Wildman–Crippen LogP) is 2.82. The summed E-state index contributed by atoms with van der Waals surface area (Å²) < 4.78 is 33.8. The van der Waals surface area contributed by atoms with Crippen molar-refractivity contribution in [3.63, 3.8) is 0 Å². The molecule has 2 aromatic carbocycles. The van der Waals surface area contributed by atoms with Crippen molar-refractivity contribution in [2.24, 2.45) is 0 Å². The highest BCUT2D eigenvalue weighted by Gasteiger charge is 2.16. The summed E-state index contributed by atoms with van der Waals surface area (Å²) >= 11 is 0. The number of alkyl halides is 2. The summed E-state index contributed by atoms with van der Waals surface area (Å²) in [5.41, 5.74) is 2.35. The van der Waals surface area contributed by atoms with Crippen molar-refractivity contribution in [3.05, 3.63) is 59.2 Å². The van der Waals surface area contributed by atoms with Crippen molar-refractivity contribution < 1.29 is 32.6 Å². The first-order valence-electron chi connectivity index (χ1n) is 8.61. The molecule has 2 aromatic rings. The molecule has 0 heterocycles. The van der Waals surface area contributed by atoms with Crippen molar-refractivity contribution in [1.29, 1.82) is 0 Å². The highest BCUT2D eigenvalue weighted by molar-refractivity contribution is 5.98. The van der Waals surface area contributed by atoms with E-state index in [1.54, 1.807) is 6.07 Å². The summed E-state index contributed by atoms with van der Waals surface area (Å²) in [6.45, 7) is -0.414. The SMILES string of the molecule is Cc1ccc(NC(=O)COC(=O)CNC(=O)c2ccccc2OC(F)F)c(C)c1. The molecule has 0 radical (unpaired) electrons. The fraction of sp³-hybridized carbons (Fsp3) is 0.250. The van der Waals surface area contributed by atoms with E-state index < -0.39 is 37.5 Å². The van der Waals surface area contributed by atoms with E-state index in [1.165, 1.54) is 24.3 Å². The third kappa shape index (κ3) is 6.87. The Morgan fingerprint density at radius 3 is 2.48 bits per heavy atom. The van der Waals surface area contributed by atoms with Crippen LogP contribution in [0.4, 0.5) is 14.5 Å². The molecule has 154 valence electrons. The van der Waals surface area contributed by atoms with Crippen LogP contribution in [-0.4, -0.2) is 37.5 Å². The molecule has 0 bridgehead atoms. The lowest BCUT2D eigenvalue weighted by molar-refractivity contribution is -0.146. The Bertz CT molecular complexity index is 902. The number of carbonyl (C=O) groups is 3. The van der Waals surface area contributed by atoms with Crippen LogP contribution in [0.3, 0.4) is 0 Å². The van der Waals surface area contributed by atoms with Crippen LogP contribution in [0.1, 0.15) is 21.5 Å². The van der Waals surface area contributed by atoms with Crippen LogP contribution in [0.2, 0.25) is 0 Å². The summed E-state index contributed by atoms with van der Waals surface area (Å²) in [5.74, 6) is -2.51. The number of nitrogens with one attached hydrogen (secondary N) is 2. The molecule has 0 saturated carbocycles. The molecule has 2 N–H and O–H groups in total. The lowest BCUT2D eigenvalue weighted by Crippen LogP contribution is -2.32. The number of anilines is 1. The van der Waals surface area contributed by atoms with Gasteiger partial charge in [-0.15, -0.1) is 0 Å². The molecule has 0 aliphatic carbocycles. The van der Waals surface area contributed by atoms with Gasteiger partial charge in [-0.3, -0.25) is 14.4 Å². The number of hydrogen-bond donors (Lipinski definition) is 2. The molecule has 2 amide bonds. The van der Waals surface area contributed by atoms with Gasteiger partial charge in [-0.05, 0) is 37.6 Å². The van der Waals surface area contributed by atoms with Crippen LogP contribution in [0.5, 0.6) is 5.75 Å². The average molecular weight is 406 g/mol. The first-order valence-corrected chi connectivity index (χ1v) is 8.61. The fourth-order valence-electron chi connectivity index (χ4n) is 2.44. The van der Waals surface area contributed by atoms with E-state index in [0.29, 0.717) is 5.69 Å². The molecular weight excluding hydrogens is 386 g/mol. The number of halogens is 2. The molecule has 7 nitrogen and oxygen atoms in total. The molecule has 0 aliphatic heterocycles. The number of para-hydroxylation sites is 1. The predicted molar refractivity (Wildman–Crippen MR) is 101 cm³/mol. The Kier molecular flexibility index (Phi) is 7.64. The van der Waals surface area contributed by atoms with Gasteiger partial charge < -0.3 is 20.1 Å². The van der Waals surface area contributed by atoms with E-state index in [-0.39, 0.29) is 11.3 Å². The van der Waals surface area contributed by atoms with Gasteiger partial charge in [-0.1, -0.05) is 29.8 Å². The largest absolute Gasteiger partial charge is 0.454 e. The molecule has 2 rings (SSSR count). The second kappa shape index (κ2) is 10.2. The summed E-state index contributed by atoms with van der Waals surface area (Å²) in [7, 11) is 0. The van der Waals surface area contributed by atoms with Gasteiger partial charge in [0.15, 0.2) is 6.61 Å². The Labute approximate surface area is 166 Å². The van der Waals surface area contributed by atoms with Gasteiger partial charge in [0, 0.05) is 5.69 Å². The number of hydrogen-bond acceptors (Lipinski definition) is 5. The van der Waals surface area contributed by atoms with Crippen molar-refractivity contribution in [2.75, 3.05) is 18.5 Å². The number of carbonyl (C=O) groups excluding carboxylic acids is 3. The molecule has 0 atom stereocenters. The molecule has 9 heteroatoms. The second-order valence-electron chi connectivity index (χ2n) is 6.08. The Hall–Kier alpha value is -3.49. The Morgan fingerprint density at radius 1 is 1.07 bits per heavy atom. The van der Waals surface area contributed by atoms with Gasteiger partial charge in [0.2, 0.25) is 0 Å². The van der Waals surface area contributed by atoms with Crippen LogP contribution in [0.15, 0.2) is 42.5 Å². The summed E-state index contributed by atoms with van der Waals surface area (Å²) in [6, 6.07) is 10.8. The highest BCUT2D eigenvalue weighted by Crippen LogP contribution is 2.20. The molecule has 0 spiro atoms. The van der Waals surface area contributed by atoms with E-state index >= 15 is 0 Å². The molecule has 0 fully saturated rings. The zero-order valence-corrected chi connectivity index (χ0v) is 15.8. The maximum absolute atomic E-state index is 12.4. The van der Waals surface area contributed by atoms with Crippen LogP contribution in [0.25, 0.3) is 0 Å². The number of esters is 1. The first kappa shape index (κ1) is 21.8. The third-order valence-corrected chi connectivity index (χ3v) is 3.76. The summed E-state index contributed by atoms with van der Waals surface area (Å²) in [5, 5.41) is 4.85. The van der Waals surface area contributed by atoms with Crippen molar-refractivity contribution in [1.82, 2.24) is 5.32 Å². The molecule has 0 saturated heterocycles. The summed E-state index contributed by atoms with van der Waals surface area (Å²) in [6.07, 6.45) is 0. The second-order valence-corrected chi connectivity index (χ2v) is 6.08. The van der Waals surface area contributed by atoms with Crippen LogP contribution in [0, 0.1) is 13.8 Å². The molecular formula is C20H20F2N2O5. The van der Waals surface area contributed by atoms with E-state index in [9.17, 15) is 23.2 Å². The van der Waals surface area contributed by atoms with Gasteiger partial charge in [0.1, 0.15) is 12.3 Å². The number of ether oxygens (including phenoxy) is 2. The lowest BCUT2D eigenvalue weighted by Gasteiger charge is -2.11. The lowest BCUT2D eigenvalue weighted by atomic mass is 10.1. The number of rotatable bonds is 8. The number of amides is 2. The van der Waals surface area contributed by atoms with E-state index in [0.717, 1.165) is 11.1 Å². The molecule has 29 heavy (non-hydrogen) atoms. The highest BCUT2D eigenvalue weighted by atomic mass is 19.3. The fourth-order valence-corrected chi connectivity index (χ4v) is 2.44. The maximum Gasteiger partial charge on any atom is 0.387 e. The van der Waals surface area contributed by atoms with E-state index in [2.05, 4.69) is 15.4 Å². The average Bonchev–Trinajstić information content (AvgIpc) is 2.66. The topological polar surface area (TPSA) is 93.7 Å². The van der Waals surface area contributed by atoms with Gasteiger partial charge in [-0.2, -0.15) is 8.78 Å². The van der Waals surface area contributed by atoms with Crippen LogP contribution < -0.4 is 15.4 Å². The van der Waals surface area contributed by atoms with Gasteiger partial charge in [0.05, 0.1) is 5.56 Å². The first-order chi connectivity index (χ1) is 13.8. The standard InChI is InChI=1S/C20H20F2N2O5/c1-12-7-8-15(13(2)9-12)24-17(25)11-28-18(26)10-23-19(27)14-5-3-4-6-16(14)29-20(21)22/h3-9,20H,10-11H2,1-2H3,(H,23,27)(H,24,25). The van der Waals surface area contributed by atoms with Crippen molar-refractivity contribution in [2.45, 2.75) is 20.5 Å². The third-order valence-electron chi connectivity index (χ3n) is 3.76. The van der Waals surface area contributed by atoms with Crippen molar-refractivity contribution >= 4 is 23.5 Å². The minimum Gasteiger partial charge on any atom is -0.454 e. The minimum atomic E-state index is -3.09. The smallest absolute Gasteiger partial charge is 0.387 e. The van der Waals surface area contributed by atoms with Crippen LogP contribution >= 0.6 is 0 Å². The van der Waals surface area contributed by atoms with Crippen LogP contribution in [-0.2, 0) is 14.3 Å². The van der Waals surface area contributed by atoms with Gasteiger partial charge in [0.25, 0.3) is 11.8 Å². The molecule has 0 aromatic heterocycles. The maximum atomic E-state index is 12.4. The zero-order valence-electron chi connectivity index (χ0n) is 15.8. The van der Waals surface area contributed by atoms with E-state index in [4.69, 9.17) is 4.74 Å². The quantitative estimate of drug-likeness (QED) is 0.658. The molecule has 0 aliphatic rings. The number of aryl methyl sites for hydroxylation is 2. The number of benzene rings is 2. The Balaban J connectivity index is 1.81. The molecule has 0 unspecified atom stereocenters. The van der Waals surface area contributed by atoms with Gasteiger partial charge in [-0.25, -0.2) is 0 Å². The van der Waals surface area contributed by atoms with E-state index in [1.807, 2.05) is 26.0 Å². The minimum absolute atomic E-state index is 0.159. The normalized spacial score (nSPS) is 10.4. The van der Waals surface area contributed by atoms with Crippen molar-refractivity contribution in [3.8, 4) is 5.75 Å². The zero-order chi connectivity index (χ0) is 21.4. The summed E-state index contributed by atoms with van der Waals surface area (Å²) in [4.78, 5) is 35.7. The Morgan fingerprint density at radius 2 is 1.79 bits per heavy atom.